The number of nitrogens with one attached hydrogen (secondary N) is 1. The number of benzene rings is 1. The van der Waals surface area contributed by atoms with Crippen molar-refractivity contribution in [1.82, 2.24) is 4.72 Å². The average molecular weight is 412 g/mol. The van der Waals surface area contributed by atoms with Crippen molar-refractivity contribution in [1.29, 1.82) is 0 Å². The van der Waals surface area contributed by atoms with Gasteiger partial charge in [-0.15, -0.1) is 0 Å². The van der Waals surface area contributed by atoms with E-state index in [-0.39, 0.29) is 21.5 Å². The number of halogens is 4. The summed E-state index contributed by atoms with van der Waals surface area (Å²) in [5.74, 6) is 0. The van der Waals surface area contributed by atoms with E-state index in [1.807, 2.05) is 0 Å². The molecule has 0 amide bonds. The topological polar surface area (TPSA) is 46.2 Å². The van der Waals surface area contributed by atoms with Gasteiger partial charge in [0, 0.05) is 11.0 Å². The Hall–Kier alpha value is 0.670. The van der Waals surface area contributed by atoms with Crippen molar-refractivity contribution >= 4 is 65.1 Å². The summed E-state index contributed by atoms with van der Waals surface area (Å²) in [5, 5.41) is 0.158. The van der Waals surface area contributed by atoms with Crippen LogP contribution in [-0.2, 0) is 10.0 Å². The molecular weight excluding hydrogens is 405 g/mol. The molecular formula is C8H7Br2Cl2NO2S. The number of sulfonamides is 1. The molecule has 0 fully saturated rings. The first kappa shape index (κ1) is 14.7. The lowest BCUT2D eigenvalue weighted by molar-refractivity contribution is 0.584. The highest BCUT2D eigenvalue weighted by Crippen LogP contribution is 2.40. The molecule has 1 aromatic rings. The van der Waals surface area contributed by atoms with Gasteiger partial charge in [-0.1, -0.05) is 30.1 Å². The van der Waals surface area contributed by atoms with Crippen molar-refractivity contribution in [2.24, 2.45) is 0 Å². The highest BCUT2D eigenvalue weighted by atomic mass is 79.9. The van der Waals surface area contributed by atoms with Gasteiger partial charge in [-0.05, 0) is 37.9 Å². The van der Waals surface area contributed by atoms with Crippen LogP contribution in [0.3, 0.4) is 0 Å². The summed E-state index contributed by atoms with van der Waals surface area (Å²) in [5.41, 5.74) is 0. The molecule has 1 rings (SSSR count). The Balaban J connectivity index is 3.48. The minimum absolute atomic E-state index is 0.00214. The lowest BCUT2D eigenvalue weighted by Crippen LogP contribution is -2.23. The van der Waals surface area contributed by atoms with Crippen LogP contribution < -0.4 is 4.72 Å². The molecule has 0 saturated heterocycles. The van der Waals surface area contributed by atoms with Crippen LogP contribution in [0.4, 0.5) is 0 Å². The standard InChI is InChI=1S/C8H7Br2Cl2NO2S/c1-2-13-16(14,15)5-3-4(9)6(10)8(12)7(5)11/h3,13H,2H2,1H3. The predicted octanol–water partition coefficient (Wildman–Crippen LogP) is 3.82. The van der Waals surface area contributed by atoms with E-state index in [0.717, 1.165) is 0 Å². The van der Waals surface area contributed by atoms with E-state index in [0.29, 0.717) is 8.95 Å². The summed E-state index contributed by atoms with van der Waals surface area (Å²) < 4.78 is 27.0. The molecule has 90 valence electrons. The minimum atomic E-state index is -3.62. The Morgan fingerprint density at radius 1 is 1.31 bits per heavy atom. The Morgan fingerprint density at radius 3 is 2.38 bits per heavy atom. The van der Waals surface area contributed by atoms with E-state index in [2.05, 4.69) is 36.6 Å². The summed E-state index contributed by atoms with van der Waals surface area (Å²) in [6, 6.07) is 1.40. The number of hydrogen-bond donors (Lipinski definition) is 1. The van der Waals surface area contributed by atoms with Crippen LogP contribution in [0.1, 0.15) is 6.92 Å². The van der Waals surface area contributed by atoms with Gasteiger partial charge in [0.05, 0.1) is 14.5 Å². The van der Waals surface area contributed by atoms with Gasteiger partial charge in [0.15, 0.2) is 0 Å². The molecule has 8 heteroatoms. The maximum absolute atomic E-state index is 11.8. The van der Waals surface area contributed by atoms with Crippen molar-refractivity contribution in [3.8, 4) is 0 Å². The first-order valence-corrected chi connectivity index (χ1v) is 7.96. The van der Waals surface area contributed by atoms with Crippen molar-refractivity contribution in [2.75, 3.05) is 6.54 Å². The van der Waals surface area contributed by atoms with Gasteiger partial charge in [-0.2, -0.15) is 0 Å². The summed E-state index contributed by atoms with van der Waals surface area (Å²) in [6.45, 7) is 1.96. The number of rotatable bonds is 3. The summed E-state index contributed by atoms with van der Waals surface area (Å²) in [7, 11) is -3.62. The highest BCUT2D eigenvalue weighted by Gasteiger charge is 2.22. The molecule has 0 bridgehead atoms. The van der Waals surface area contributed by atoms with Gasteiger partial charge < -0.3 is 0 Å². The Labute approximate surface area is 121 Å². The summed E-state index contributed by atoms with van der Waals surface area (Å²) in [6.07, 6.45) is 0. The predicted molar refractivity (Wildman–Crippen MR) is 72.7 cm³/mol. The SMILES string of the molecule is CCNS(=O)(=O)c1cc(Br)c(Br)c(Cl)c1Cl. The molecule has 1 N–H and O–H groups in total. The zero-order valence-corrected chi connectivity index (χ0v) is 13.5. The van der Waals surface area contributed by atoms with Crippen LogP contribution in [0.2, 0.25) is 10.0 Å². The molecule has 0 atom stereocenters. The van der Waals surface area contributed by atoms with E-state index in [9.17, 15) is 8.42 Å². The van der Waals surface area contributed by atoms with Gasteiger partial charge >= 0.3 is 0 Å². The van der Waals surface area contributed by atoms with Gasteiger partial charge in [0.2, 0.25) is 10.0 Å². The summed E-state index contributed by atoms with van der Waals surface area (Å²) >= 11 is 18.2. The van der Waals surface area contributed by atoms with E-state index in [1.54, 1.807) is 6.92 Å². The second kappa shape index (κ2) is 5.54. The van der Waals surface area contributed by atoms with Crippen molar-refractivity contribution in [3.05, 3.63) is 25.1 Å². The zero-order valence-electron chi connectivity index (χ0n) is 8.02. The molecule has 0 radical (unpaired) electrons. The smallest absolute Gasteiger partial charge is 0.211 e. The van der Waals surface area contributed by atoms with Crippen LogP contribution in [0.25, 0.3) is 0 Å². The zero-order chi connectivity index (χ0) is 12.5. The van der Waals surface area contributed by atoms with E-state index in [1.165, 1.54) is 6.07 Å². The monoisotopic (exact) mass is 409 g/mol. The third-order valence-corrected chi connectivity index (χ3v) is 6.45. The second-order valence-electron chi connectivity index (χ2n) is 2.80. The molecule has 0 saturated carbocycles. The molecule has 16 heavy (non-hydrogen) atoms. The minimum Gasteiger partial charge on any atom is -0.211 e. The van der Waals surface area contributed by atoms with E-state index < -0.39 is 10.0 Å². The Bertz CT molecular complexity index is 519. The molecule has 0 aliphatic heterocycles. The summed E-state index contributed by atoms with van der Waals surface area (Å²) in [4.78, 5) is -0.0453. The van der Waals surface area contributed by atoms with Crippen LogP contribution in [0, 0.1) is 0 Å². The lowest BCUT2D eigenvalue weighted by atomic mass is 10.4. The first-order valence-electron chi connectivity index (χ1n) is 4.14. The Morgan fingerprint density at radius 2 is 1.88 bits per heavy atom. The molecule has 0 aromatic heterocycles. The van der Waals surface area contributed by atoms with Gasteiger partial charge in [-0.3, -0.25) is 0 Å². The average Bonchev–Trinajstić information content (AvgIpc) is 2.20. The molecule has 0 spiro atoms. The fourth-order valence-electron chi connectivity index (χ4n) is 1.01. The van der Waals surface area contributed by atoms with Crippen LogP contribution in [-0.4, -0.2) is 15.0 Å². The van der Waals surface area contributed by atoms with Crippen molar-refractivity contribution in [2.45, 2.75) is 11.8 Å². The quantitative estimate of drug-likeness (QED) is 0.607. The fourth-order valence-corrected chi connectivity index (χ4v) is 3.99. The molecule has 0 aliphatic carbocycles. The molecule has 3 nitrogen and oxygen atoms in total. The number of hydrogen-bond acceptors (Lipinski definition) is 2. The van der Waals surface area contributed by atoms with Crippen molar-refractivity contribution in [3.63, 3.8) is 0 Å². The van der Waals surface area contributed by atoms with Crippen LogP contribution >= 0.6 is 55.1 Å². The van der Waals surface area contributed by atoms with Gasteiger partial charge in [-0.25, -0.2) is 13.1 Å². The maximum atomic E-state index is 11.8. The van der Waals surface area contributed by atoms with Crippen molar-refractivity contribution < 1.29 is 8.42 Å². The van der Waals surface area contributed by atoms with Gasteiger partial charge in [0.25, 0.3) is 0 Å². The highest BCUT2D eigenvalue weighted by molar-refractivity contribution is 9.13. The Kier molecular flexibility index (Phi) is 5.10. The molecule has 0 unspecified atom stereocenters. The third kappa shape index (κ3) is 2.91. The normalized spacial score (nSPS) is 11.8. The third-order valence-electron chi connectivity index (χ3n) is 1.69. The fraction of sp³-hybridized carbons (Fsp3) is 0.250. The molecule has 0 aliphatic rings. The first-order chi connectivity index (χ1) is 7.31. The van der Waals surface area contributed by atoms with E-state index in [4.69, 9.17) is 23.2 Å². The largest absolute Gasteiger partial charge is 0.242 e. The lowest BCUT2D eigenvalue weighted by Gasteiger charge is -2.10. The van der Waals surface area contributed by atoms with Crippen LogP contribution in [0.15, 0.2) is 19.9 Å². The molecule has 1 aromatic carbocycles. The van der Waals surface area contributed by atoms with Crippen LogP contribution in [0.5, 0.6) is 0 Å². The second-order valence-corrected chi connectivity index (χ2v) is 6.94. The van der Waals surface area contributed by atoms with E-state index >= 15 is 0 Å². The van der Waals surface area contributed by atoms with Gasteiger partial charge in [0.1, 0.15) is 4.90 Å². The maximum Gasteiger partial charge on any atom is 0.242 e. The molecule has 0 heterocycles.